The van der Waals surface area contributed by atoms with E-state index in [0.717, 1.165) is 16.6 Å². The first kappa shape index (κ1) is 14.0. The maximum Gasteiger partial charge on any atom is 0.272 e. The molecule has 3 nitrogen and oxygen atoms in total. The van der Waals surface area contributed by atoms with Gasteiger partial charge in [0.05, 0.1) is 5.52 Å². The zero-order valence-electron chi connectivity index (χ0n) is 11.7. The summed E-state index contributed by atoms with van der Waals surface area (Å²) in [5.74, 6) is 0.596. The molecule has 5 heteroatoms. The van der Waals surface area contributed by atoms with Crippen molar-refractivity contribution in [2.45, 2.75) is 51.5 Å². The van der Waals surface area contributed by atoms with Gasteiger partial charge in [0.25, 0.3) is 5.56 Å². The average Bonchev–Trinajstić information content (AvgIpc) is 2.92. The number of aromatic nitrogens is 2. The van der Waals surface area contributed by atoms with Crippen LogP contribution in [0.1, 0.15) is 51.5 Å². The van der Waals surface area contributed by atoms with Crippen LogP contribution >= 0.6 is 23.6 Å². The summed E-state index contributed by atoms with van der Waals surface area (Å²) in [6.07, 6.45) is 7.32. The Balaban J connectivity index is 2.11. The molecule has 1 unspecified atom stereocenters. The van der Waals surface area contributed by atoms with Crippen LogP contribution < -0.4 is 5.56 Å². The van der Waals surface area contributed by atoms with Gasteiger partial charge in [-0.1, -0.05) is 26.2 Å². The average molecular weight is 308 g/mol. The van der Waals surface area contributed by atoms with Crippen LogP contribution in [0.25, 0.3) is 10.2 Å². The Hall–Kier alpha value is -0.940. The number of hydrogen-bond acceptors (Lipinski definition) is 3. The van der Waals surface area contributed by atoms with Crippen LogP contribution in [0.5, 0.6) is 0 Å². The number of rotatable bonds is 3. The Bertz CT molecular complexity index is 706. The van der Waals surface area contributed by atoms with Crippen molar-refractivity contribution in [3.8, 4) is 0 Å². The van der Waals surface area contributed by atoms with E-state index in [1.807, 2.05) is 16.0 Å². The predicted octanol–water partition coefficient (Wildman–Crippen LogP) is 4.65. The Morgan fingerprint density at radius 1 is 1.45 bits per heavy atom. The van der Waals surface area contributed by atoms with Gasteiger partial charge in [-0.25, -0.2) is 0 Å². The topological polar surface area (TPSA) is 37.8 Å². The summed E-state index contributed by atoms with van der Waals surface area (Å²) in [6, 6.07) is 2.18. The summed E-state index contributed by atoms with van der Waals surface area (Å²) in [7, 11) is 0. The Labute approximate surface area is 127 Å². The van der Waals surface area contributed by atoms with E-state index in [2.05, 4.69) is 11.9 Å². The molecule has 1 N–H and O–H groups in total. The van der Waals surface area contributed by atoms with Crippen molar-refractivity contribution in [3.63, 3.8) is 0 Å². The minimum absolute atomic E-state index is 0.0937. The Morgan fingerprint density at radius 3 is 2.90 bits per heavy atom. The monoisotopic (exact) mass is 308 g/mol. The van der Waals surface area contributed by atoms with E-state index in [1.165, 1.54) is 43.4 Å². The van der Waals surface area contributed by atoms with Gasteiger partial charge in [0.1, 0.15) is 4.70 Å². The number of H-pyrrole nitrogens is 1. The summed E-state index contributed by atoms with van der Waals surface area (Å²) >= 11 is 6.96. The first-order chi connectivity index (χ1) is 9.72. The second-order valence-corrected chi connectivity index (χ2v) is 6.95. The summed E-state index contributed by atoms with van der Waals surface area (Å²) in [6.45, 7) is 2.17. The van der Waals surface area contributed by atoms with Crippen LogP contribution in [0.15, 0.2) is 16.2 Å². The van der Waals surface area contributed by atoms with Crippen molar-refractivity contribution in [1.82, 2.24) is 9.55 Å². The van der Waals surface area contributed by atoms with Crippen molar-refractivity contribution in [3.05, 3.63) is 26.6 Å². The predicted molar refractivity (Wildman–Crippen MR) is 87.2 cm³/mol. The molecule has 1 saturated carbocycles. The van der Waals surface area contributed by atoms with E-state index in [1.54, 1.807) is 0 Å². The number of fused-ring (bicyclic) bond motifs is 1. The smallest absolute Gasteiger partial charge is 0.272 e. The maximum absolute atomic E-state index is 12.7. The highest BCUT2D eigenvalue weighted by Gasteiger charge is 2.25. The fourth-order valence-electron chi connectivity index (χ4n) is 3.50. The van der Waals surface area contributed by atoms with Gasteiger partial charge in [-0.15, -0.1) is 11.3 Å². The first-order valence-corrected chi connectivity index (χ1v) is 8.73. The van der Waals surface area contributed by atoms with Gasteiger partial charge in [0, 0.05) is 6.04 Å². The van der Waals surface area contributed by atoms with E-state index in [9.17, 15) is 4.79 Å². The SMILES string of the molecule is CCC(C1CCCCC1)n1c(=S)[nH]c2ccsc2c1=O. The van der Waals surface area contributed by atoms with Crippen LogP contribution in [0.3, 0.4) is 0 Å². The molecular weight excluding hydrogens is 288 g/mol. The molecule has 1 fully saturated rings. The van der Waals surface area contributed by atoms with Gasteiger partial charge >= 0.3 is 0 Å². The van der Waals surface area contributed by atoms with Gasteiger partial charge in [-0.3, -0.25) is 9.36 Å². The summed E-state index contributed by atoms with van der Waals surface area (Å²) < 4.78 is 3.23. The van der Waals surface area contributed by atoms with Crippen molar-refractivity contribution in [2.75, 3.05) is 0 Å². The minimum atomic E-state index is 0.0937. The molecule has 0 spiro atoms. The highest BCUT2D eigenvalue weighted by Crippen LogP contribution is 2.34. The van der Waals surface area contributed by atoms with Crippen molar-refractivity contribution < 1.29 is 0 Å². The number of hydrogen-bond donors (Lipinski definition) is 1. The van der Waals surface area contributed by atoms with Crippen LogP contribution in [0.4, 0.5) is 0 Å². The second kappa shape index (κ2) is 5.82. The molecule has 2 aromatic rings. The number of thiophene rings is 1. The van der Waals surface area contributed by atoms with E-state index in [4.69, 9.17) is 12.2 Å². The molecule has 2 aromatic heterocycles. The van der Waals surface area contributed by atoms with E-state index in [-0.39, 0.29) is 11.6 Å². The molecule has 1 atom stereocenters. The summed E-state index contributed by atoms with van der Waals surface area (Å²) in [4.78, 5) is 16.0. The van der Waals surface area contributed by atoms with Gasteiger partial charge in [0.2, 0.25) is 0 Å². The first-order valence-electron chi connectivity index (χ1n) is 7.44. The lowest BCUT2D eigenvalue weighted by Gasteiger charge is -2.30. The lowest BCUT2D eigenvalue weighted by atomic mass is 9.83. The molecule has 2 heterocycles. The highest BCUT2D eigenvalue weighted by atomic mass is 32.1. The van der Waals surface area contributed by atoms with Crippen molar-refractivity contribution >= 4 is 33.8 Å². The molecule has 0 saturated heterocycles. The van der Waals surface area contributed by atoms with Crippen LogP contribution in [-0.4, -0.2) is 9.55 Å². The van der Waals surface area contributed by atoms with Gasteiger partial charge in [-0.2, -0.15) is 0 Å². The quantitative estimate of drug-likeness (QED) is 0.838. The van der Waals surface area contributed by atoms with Crippen LogP contribution in [0.2, 0.25) is 0 Å². The highest BCUT2D eigenvalue weighted by molar-refractivity contribution is 7.71. The summed E-state index contributed by atoms with van der Waals surface area (Å²) in [5.41, 5.74) is 0.968. The van der Waals surface area contributed by atoms with Crippen molar-refractivity contribution in [2.24, 2.45) is 5.92 Å². The minimum Gasteiger partial charge on any atom is -0.331 e. The van der Waals surface area contributed by atoms with Gasteiger partial charge in [-0.05, 0) is 48.8 Å². The molecule has 0 amide bonds. The fourth-order valence-corrected chi connectivity index (χ4v) is 4.61. The van der Waals surface area contributed by atoms with E-state index in [0.29, 0.717) is 10.7 Å². The zero-order chi connectivity index (χ0) is 14.1. The number of aromatic amines is 1. The molecular formula is C15H20N2OS2. The Kier molecular flexibility index (Phi) is 4.08. The molecule has 3 rings (SSSR count). The fraction of sp³-hybridized carbons (Fsp3) is 0.600. The van der Waals surface area contributed by atoms with Crippen LogP contribution in [-0.2, 0) is 0 Å². The molecule has 0 radical (unpaired) electrons. The third-order valence-electron chi connectivity index (χ3n) is 4.48. The van der Waals surface area contributed by atoms with E-state index < -0.39 is 0 Å². The normalized spacial score (nSPS) is 18.4. The lowest BCUT2D eigenvalue weighted by molar-refractivity contribution is 0.237. The molecule has 0 aliphatic heterocycles. The van der Waals surface area contributed by atoms with Gasteiger partial charge < -0.3 is 4.98 Å². The molecule has 0 aromatic carbocycles. The third kappa shape index (κ3) is 2.37. The lowest BCUT2D eigenvalue weighted by Crippen LogP contribution is -2.31. The number of nitrogens with one attached hydrogen (secondary N) is 1. The zero-order valence-corrected chi connectivity index (χ0v) is 13.4. The largest absolute Gasteiger partial charge is 0.331 e. The molecule has 108 valence electrons. The molecule has 1 aliphatic rings. The van der Waals surface area contributed by atoms with Gasteiger partial charge in [0.15, 0.2) is 4.77 Å². The van der Waals surface area contributed by atoms with Crippen LogP contribution in [0, 0.1) is 10.7 Å². The molecule has 0 bridgehead atoms. The van der Waals surface area contributed by atoms with E-state index >= 15 is 0 Å². The summed E-state index contributed by atoms with van der Waals surface area (Å²) in [5, 5.41) is 1.95. The molecule has 1 aliphatic carbocycles. The van der Waals surface area contributed by atoms with Crippen molar-refractivity contribution in [1.29, 1.82) is 0 Å². The molecule has 20 heavy (non-hydrogen) atoms. The standard InChI is InChI=1S/C15H20N2OS2/c1-2-12(10-6-4-3-5-7-10)17-14(18)13-11(8-9-20-13)16-15(17)19/h8-10,12H,2-7H2,1H3,(H,16,19). The third-order valence-corrected chi connectivity index (χ3v) is 5.68. The number of nitrogens with zero attached hydrogens (tertiary/aromatic N) is 1. The second-order valence-electron chi connectivity index (χ2n) is 5.64. The Morgan fingerprint density at radius 2 is 2.20 bits per heavy atom. The maximum atomic E-state index is 12.7.